The molecule has 4 aromatic heterocycles. The van der Waals surface area contributed by atoms with Gasteiger partial charge in [-0.2, -0.15) is 0 Å². The Morgan fingerprint density at radius 2 is 1.96 bits per heavy atom. The third kappa shape index (κ3) is 8.96. The molecular weight excluding hydrogens is 748 g/mol. The molecule has 250 valence electrons. The third-order valence-electron chi connectivity index (χ3n) is 7.29. The molecule has 16 heteroatoms. The number of carbonyl (C=O) groups excluding carboxylic acids is 1. The number of aryl methyl sites for hydroxylation is 1. The zero-order valence-electron chi connectivity index (χ0n) is 26.7. The van der Waals surface area contributed by atoms with Crippen molar-refractivity contribution in [2.45, 2.75) is 26.5 Å². The van der Waals surface area contributed by atoms with Crippen molar-refractivity contribution in [3.8, 4) is 5.75 Å². The van der Waals surface area contributed by atoms with Crippen LogP contribution in [-0.4, -0.2) is 65.4 Å². The number of fused-ring (bicyclic) bond motifs is 1. The molecular formula is C32H34Br2N10O4. The van der Waals surface area contributed by atoms with Crippen molar-refractivity contribution in [3.63, 3.8) is 0 Å². The van der Waals surface area contributed by atoms with Gasteiger partial charge in [0.2, 0.25) is 11.7 Å². The topological polar surface area (TPSA) is 163 Å². The second-order valence-corrected chi connectivity index (χ2v) is 12.2. The molecule has 0 aliphatic heterocycles. The molecule has 0 spiro atoms. The number of halogens is 2. The van der Waals surface area contributed by atoms with Crippen LogP contribution in [-0.2, 0) is 31.4 Å². The van der Waals surface area contributed by atoms with Crippen molar-refractivity contribution in [1.29, 1.82) is 0 Å². The van der Waals surface area contributed by atoms with Gasteiger partial charge in [0, 0.05) is 36.8 Å². The Hall–Kier alpha value is -4.80. The number of benzene rings is 1. The summed E-state index contributed by atoms with van der Waals surface area (Å²) in [6.07, 6.45) is 8.48. The molecule has 0 aliphatic rings. The normalized spacial score (nSPS) is 11.4. The van der Waals surface area contributed by atoms with Crippen LogP contribution in [0.25, 0.3) is 10.9 Å². The number of nitro groups is 1. The number of nitrogens with one attached hydrogen (secondary N) is 2. The summed E-state index contributed by atoms with van der Waals surface area (Å²) in [5.74, 6) is 1.69. The number of likely N-dealkylation sites (N-methyl/N-ethyl adjacent to an activating group) is 1. The molecule has 2 N–H and O–H groups in total. The van der Waals surface area contributed by atoms with Gasteiger partial charge < -0.3 is 51.5 Å². The van der Waals surface area contributed by atoms with Crippen molar-refractivity contribution in [2.24, 2.45) is 7.05 Å². The highest BCUT2D eigenvalue weighted by Crippen LogP contribution is 2.31. The first-order chi connectivity index (χ1) is 22.5. The Kier molecular flexibility index (Phi) is 11.9. The third-order valence-corrected chi connectivity index (χ3v) is 7.91. The summed E-state index contributed by atoms with van der Waals surface area (Å²) in [4.78, 5) is 45.4. The zero-order valence-corrected chi connectivity index (χ0v) is 29.9. The molecule has 1 amide bonds. The minimum absolute atomic E-state index is 0. The lowest BCUT2D eigenvalue weighted by molar-refractivity contribution is -0.898. The van der Waals surface area contributed by atoms with Gasteiger partial charge in [-0.3, -0.25) is 9.78 Å². The molecule has 0 unspecified atom stereocenters. The Morgan fingerprint density at radius 1 is 1.15 bits per heavy atom. The first-order valence-electron chi connectivity index (χ1n) is 14.7. The van der Waals surface area contributed by atoms with E-state index in [4.69, 9.17) is 4.74 Å². The predicted octanol–water partition coefficient (Wildman–Crippen LogP) is 2.48. The SMILES string of the molecule is CCc1nc([N+](=O)[O-])c(C[N+](C)(C)C/C=C/C(=O)Nc2cc3c(Nc4ccc(OCc5ccccn5)c(Br)c4)ncnc3cn2)n1C.[Br-]. The van der Waals surface area contributed by atoms with Crippen LogP contribution in [0.15, 0.2) is 77.8 Å². The van der Waals surface area contributed by atoms with Crippen LogP contribution in [0, 0.1) is 10.1 Å². The summed E-state index contributed by atoms with van der Waals surface area (Å²) in [6, 6.07) is 13.0. The second-order valence-electron chi connectivity index (χ2n) is 11.3. The molecule has 4 heterocycles. The van der Waals surface area contributed by atoms with E-state index in [0.717, 1.165) is 15.9 Å². The van der Waals surface area contributed by atoms with Crippen molar-refractivity contribution in [1.82, 2.24) is 29.5 Å². The lowest BCUT2D eigenvalue weighted by Gasteiger charge is -2.28. The first kappa shape index (κ1) is 36.0. The molecule has 0 saturated carbocycles. The fourth-order valence-electron chi connectivity index (χ4n) is 4.88. The number of rotatable bonds is 13. The number of quaternary nitrogens is 1. The van der Waals surface area contributed by atoms with Crippen LogP contribution >= 0.6 is 15.9 Å². The molecule has 0 aliphatic carbocycles. The monoisotopic (exact) mass is 780 g/mol. The fourth-order valence-corrected chi connectivity index (χ4v) is 5.38. The summed E-state index contributed by atoms with van der Waals surface area (Å²) in [7, 11) is 5.66. The number of pyridine rings is 2. The summed E-state index contributed by atoms with van der Waals surface area (Å²) in [6.45, 7) is 3.07. The summed E-state index contributed by atoms with van der Waals surface area (Å²) in [5.41, 5.74) is 2.72. The van der Waals surface area contributed by atoms with Crippen molar-refractivity contribution in [2.75, 3.05) is 31.3 Å². The van der Waals surface area contributed by atoms with Gasteiger partial charge in [-0.05, 0) is 68.3 Å². The summed E-state index contributed by atoms with van der Waals surface area (Å²) in [5, 5.41) is 18.3. The van der Waals surface area contributed by atoms with Crippen molar-refractivity contribution >= 4 is 55.9 Å². The number of aromatic nitrogens is 6. The van der Waals surface area contributed by atoms with Crippen molar-refractivity contribution < 1.29 is 35.9 Å². The molecule has 48 heavy (non-hydrogen) atoms. The van der Waals surface area contributed by atoms with Crippen molar-refractivity contribution in [3.05, 3.63) is 105 Å². The molecule has 5 rings (SSSR count). The minimum Gasteiger partial charge on any atom is -1.00 e. The van der Waals surface area contributed by atoms with E-state index >= 15 is 0 Å². The second kappa shape index (κ2) is 15.9. The average Bonchev–Trinajstić information content (AvgIpc) is 3.35. The van der Waals surface area contributed by atoms with E-state index in [9.17, 15) is 14.9 Å². The smallest absolute Gasteiger partial charge is 0.391 e. The molecule has 0 fully saturated rings. The maximum Gasteiger partial charge on any atom is 0.391 e. The summed E-state index contributed by atoms with van der Waals surface area (Å²) >= 11 is 3.57. The van der Waals surface area contributed by atoms with Gasteiger partial charge in [-0.15, -0.1) is 0 Å². The minimum atomic E-state index is -0.448. The van der Waals surface area contributed by atoms with Crippen LogP contribution < -0.4 is 32.4 Å². The number of hydrogen-bond acceptors (Lipinski definition) is 10. The average molecular weight is 782 g/mol. The maximum atomic E-state index is 12.8. The predicted molar refractivity (Wildman–Crippen MR) is 181 cm³/mol. The van der Waals surface area contributed by atoms with E-state index in [1.807, 2.05) is 57.4 Å². The van der Waals surface area contributed by atoms with Gasteiger partial charge in [0.05, 0.1) is 42.5 Å². The Morgan fingerprint density at radius 3 is 2.67 bits per heavy atom. The molecule has 0 saturated heterocycles. The largest absolute Gasteiger partial charge is 1.00 e. The Bertz CT molecular complexity index is 1950. The number of hydrogen-bond donors (Lipinski definition) is 2. The highest BCUT2D eigenvalue weighted by atomic mass is 79.9. The molecule has 0 atom stereocenters. The summed E-state index contributed by atoms with van der Waals surface area (Å²) < 4.78 is 8.81. The Labute approximate surface area is 296 Å². The molecule has 1 aromatic carbocycles. The van der Waals surface area contributed by atoms with Gasteiger partial charge in [0.15, 0.2) is 5.69 Å². The van der Waals surface area contributed by atoms with E-state index in [2.05, 4.69) is 51.5 Å². The lowest BCUT2D eigenvalue weighted by Crippen LogP contribution is -3.00. The fraction of sp³-hybridized carbons (Fsp3) is 0.250. The van der Waals surface area contributed by atoms with Crippen LogP contribution in [0.4, 0.5) is 23.1 Å². The number of imidazole rings is 1. The van der Waals surface area contributed by atoms with Crippen LogP contribution in [0.3, 0.4) is 0 Å². The lowest BCUT2D eigenvalue weighted by atomic mass is 10.2. The molecule has 0 bridgehead atoms. The Balaban J connectivity index is 0.00000520. The van der Waals surface area contributed by atoms with Gasteiger partial charge in [-0.25, -0.2) is 15.0 Å². The highest BCUT2D eigenvalue weighted by molar-refractivity contribution is 9.10. The number of nitrogens with zero attached hydrogens (tertiary/aromatic N) is 8. The standard InChI is InChI=1S/C32H33BrN10O4.BrH/c1-5-29-40-32(42(45)46)26(41(29)2)18-43(3,4)14-8-10-30(44)39-28-16-23-25(17-35-28)36-20-37-31(23)38-21-11-12-27(24(33)15-21)47-19-22-9-6-7-13-34-22;/h6-13,15-17,20H,5,14,18-19H2,1-4H3,(H-,35,36,37,38,39,44);1H/b10-8+;. The van der Waals surface area contributed by atoms with Crippen LogP contribution in [0.1, 0.15) is 24.1 Å². The zero-order chi connectivity index (χ0) is 33.6. The number of carbonyl (C=O) groups is 1. The highest BCUT2D eigenvalue weighted by Gasteiger charge is 2.30. The van der Waals surface area contributed by atoms with Gasteiger partial charge in [0.25, 0.3) is 0 Å². The number of amides is 1. The van der Waals surface area contributed by atoms with Gasteiger partial charge in [-0.1, -0.05) is 13.0 Å². The van der Waals surface area contributed by atoms with E-state index in [-0.39, 0.29) is 28.7 Å². The molecule has 14 nitrogen and oxygen atoms in total. The molecule has 5 aromatic rings. The van der Waals surface area contributed by atoms with E-state index in [1.54, 1.807) is 36.2 Å². The number of ether oxygens (including phenoxy) is 1. The number of anilines is 3. The van der Waals surface area contributed by atoms with Crippen LogP contribution in [0.2, 0.25) is 0 Å². The molecule has 0 radical (unpaired) electrons. The van der Waals surface area contributed by atoms with E-state index in [0.29, 0.717) is 70.4 Å². The quantitative estimate of drug-likeness (QED) is 0.0786. The van der Waals surface area contributed by atoms with E-state index < -0.39 is 4.92 Å². The van der Waals surface area contributed by atoms with E-state index in [1.165, 1.54) is 12.4 Å². The first-order valence-corrected chi connectivity index (χ1v) is 15.5. The van der Waals surface area contributed by atoms with Crippen LogP contribution in [0.5, 0.6) is 5.75 Å². The van der Waals surface area contributed by atoms with Gasteiger partial charge >= 0.3 is 5.82 Å². The van der Waals surface area contributed by atoms with Gasteiger partial charge in [0.1, 0.15) is 36.9 Å². The maximum absolute atomic E-state index is 12.8.